The highest BCUT2D eigenvalue weighted by atomic mass is 35.5. The Morgan fingerprint density at radius 2 is 2.05 bits per heavy atom. The summed E-state index contributed by atoms with van der Waals surface area (Å²) in [6, 6.07) is 6.40. The summed E-state index contributed by atoms with van der Waals surface area (Å²) >= 11 is 6.06. The molecule has 0 amide bonds. The van der Waals surface area contributed by atoms with Crippen LogP contribution >= 0.6 is 11.6 Å². The number of hydrogen-bond donors (Lipinski definition) is 1. The number of imidazole rings is 1. The number of fused-ring (bicyclic) bond motifs is 1. The van der Waals surface area contributed by atoms with Gasteiger partial charge in [-0.25, -0.2) is 4.98 Å². The molecule has 0 aliphatic heterocycles. The highest BCUT2D eigenvalue weighted by Crippen LogP contribution is 2.42. The van der Waals surface area contributed by atoms with E-state index in [1.54, 1.807) is 0 Å². The van der Waals surface area contributed by atoms with Crippen LogP contribution in [0.5, 0.6) is 0 Å². The van der Waals surface area contributed by atoms with Gasteiger partial charge in [-0.2, -0.15) is 0 Å². The summed E-state index contributed by atoms with van der Waals surface area (Å²) in [4.78, 5) is 4.75. The Labute approximate surface area is 118 Å². The molecule has 0 radical (unpaired) electrons. The molecule has 3 rings (SSSR count). The first-order valence-corrected chi connectivity index (χ1v) is 7.18. The maximum absolute atomic E-state index is 6.42. The highest BCUT2D eigenvalue weighted by molar-refractivity contribution is 6.31. The van der Waals surface area contributed by atoms with Gasteiger partial charge in [-0.3, -0.25) is 0 Å². The van der Waals surface area contributed by atoms with E-state index in [-0.39, 0.29) is 11.5 Å². The van der Waals surface area contributed by atoms with Crippen LogP contribution in [-0.4, -0.2) is 9.55 Å². The minimum absolute atomic E-state index is 0.00217. The van der Waals surface area contributed by atoms with Crippen molar-refractivity contribution in [3.05, 3.63) is 29.0 Å². The molecule has 19 heavy (non-hydrogen) atoms. The molecule has 2 N–H and O–H groups in total. The van der Waals surface area contributed by atoms with Gasteiger partial charge in [-0.15, -0.1) is 0 Å². The Morgan fingerprint density at radius 1 is 1.37 bits per heavy atom. The molecule has 0 saturated heterocycles. The summed E-state index contributed by atoms with van der Waals surface area (Å²) in [6.45, 7) is 6.46. The Hall–Kier alpha value is -1.06. The van der Waals surface area contributed by atoms with Crippen LogP contribution < -0.4 is 5.73 Å². The van der Waals surface area contributed by atoms with Crippen molar-refractivity contribution in [2.24, 2.45) is 11.1 Å². The number of aromatic nitrogens is 2. The smallest absolute Gasteiger partial charge is 0.127 e. The number of hydrogen-bond acceptors (Lipinski definition) is 2. The molecule has 1 heterocycles. The molecule has 1 atom stereocenters. The number of halogens is 1. The maximum Gasteiger partial charge on any atom is 0.127 e. The lowest BCUT2D eigenvalue weighted by atomic mass is 9.87. The van der Waals surface area contributed by atoms with Crippen LogP contribution in [0.2, 0.25) is 5.02 Å². The average Bonchev–Trinajstić information content (AvgIpc) is 3.08. The van der Waals surface area contributed by atoms with E-state index in [0.717, 1.165) is 21.9 Å². The van der Waals surface area contributed by atoms with E-state index >= 15 is 0 Å². The molecule has 1 unspecified atom stereocenters. The van der Waals surface area contributed by atoms with Crippen molar-refractivity contribution >= 4 is 22.6 Å². The van der Waals surface area contributed by atoms with E-state index in [0.29, 0.717) is 6.04 Å². The van der Waals surface area contributed by atoms with Gasteiger partial charge >= 0.3 is 0 Å². The zero-order valence-electron chi connectivity index (χ0n) is 11.7. The maximum atomic E-state index is 6.42. The quantitative estimate of drug-likeness (QED) is 0.899. The normalized spacial score (nSPS) is 17.9. The minimum Gasteiger partial charge on any atom is -0.324 e. The molecular formula is C15H20ClN3. The topological polar surface area (TPSA) is 43.8 Å². The molecule has 3 nitrogen and oxygen atoms in total. The number of nitrogens with two attached hydrogens (primary N) is 1. The lowest BCUT2D eigenvalue weighted by Gasteiger charge is -2.27. The molecule has 1 aromatic carbocycles. The summed E-state index contributed by atoms with van der Waals surface area (Å²) in [5, 5.41) is 0.726. The fraction of sp³-hybridized carbons (Fsp3) is 0.533. The molecule has 1 aliphatic carbocycles. The first-order chi connectivity index (χ1) is 8.88. The van der Waals surface area contributed by atoms with Gasteiger partial charge in [0.05, 0.1) is 17.1 Å². The average molecular weight is 278 g/mol. The predicted octanol–water partition coefficient (Wildman–Crippen LogP) is 4.07. The predicted molar refractivity (Wildman–Crippen MR) is 79.4 cm³/mol. The lowest BCUT2D eigenvalue weighted by Crippen LogP contribution is -2.29. The van der Waals surface area contributed by atoms with Crippen LogP contribution in [0.1, 0.15) is 51.5 Å². The van der Waals surface area contributed by atoms with E-state index < -0.39 is 0 Å². The summed E-state index contributed by atoms with van der Waals surface area (Å²) in [7, 11) is 0. The first-order valence-electron chi connectivity index (χ1n) is 6.81. The van der Waals surface area contributed by atoms with E-state index in [2.05, 4.69) is 31.4 Å². The Balaban J connectivity index is 2.20. The summed E-state index contributed by atoms with van der Waals surface area (Å²) in [6.07, 6.45) is 2.44. The number of nitrogens with zero attached hydrogens (tertiary/aromatic N) is 2. The van der Waals surface area contributed by atoms with Crippen LogP contribution in [0.3, 0.4) is 0 Å². The van der Waals surface area contributed by atoms with Crippen LogP contribution in [-0.2, 0) is 0 Å². The summed E-state index contributed by atoms with van der Waals surface area (Å²) in [5.41, 5.74) is 8.53. The van der Waals surface area contributed by atoms with Gasteiger partial charge in [0.1, 0.15) is 5.82 Å². The molecule has 102 valence electrons. The van der Waals surface area contributed by atoms with E-state index in [4.69, 9.17) is 22.3 Å². The van der Waals surface area contributed by atoms with Gasteiger partial charge < -0.3 is 10.3 Å². The molecule has 1 aromatic heterocycles. The van der Waals surface area contributed by atoms with Crippen LogP contribution in [0.15, 0.2) is 18.2 Å². The third-order valence-corrected chi connectivity index (χ3v) is 4.04. The standard InChI is InChI=1S/C15H20ClN3/c1-15(2,3)13(17)14-18-11-8-9(16)4-7-12(11)19(14)10-5-6-10/h4,7-8,10,13H,5-6,17H2,1-3H3. The highest BCUT2D eigenvalue weighted by Gasteiger charge is 2.33. The Bertz CT molecular complexity index is 620. The SMILES string of the molecule is CC(C)(C)C(N)c1nc2cc(Cl)ccc2n1C1CC1. The van der Waals surface area contributed by atoms with E-state index in [9.17, 15) is 0 Å². The minimum atomic E-state index is -0.0701. The molecule has 0 spiro atoms. The third-order valence-electron chi connectivity index (χ3n) is 3.80. The van der Waals surface area contributed by atoms with Crippen molar-refractivity contribution in [2.45, 2.75) is 45.7 Å². The molecule has 4 heteroatoms. The van der Waals surface area contributed by atoms with Crippen LogP contribution in [0.25, 0.3) is 11.0 Å². The van der Waals surface area contributed by atoms with Crippen molar-refractivity contribution in [1.29, 1.82) is 0 Å². The second kappa shape index (κ2) is 4.22. The number of rotatable bonds is 2. The van der Waals surface area contributed by atoms with E-state index in [1.165, 1.54) is 12.8 Å². The Kier molecular flexibility index (Phi) is 2.88. The van der Waals surface area contributed by atoms with Gasteiger partial charge in [-0.1, -0.05) is 32.4 Å². The third kappa shape index (κ3) is 2.26. The summed E-state index contributed by atoms with van der Waals surface area (Å²) in [5.74, 6) is 0.993. The molecule has 0 bridgehead atoms. The van der Waals surface area contributed by atoms with Gasteiger partial charge in [0, 0.05) is 11.1 Å². The molecule has 1 aliphatic rings. The van der Waals surface area contributed by atoms with Gasteiger partial charge in [0.2, 0.25) is 0 Å². The fourth-order valence-electron chi connectivity index (χ4n) is 2.41. The van der Waals surface area contributed by atoms with E-state index in [1.807, 2.05) is 12.1 Å². The molecular weight excluding hydrogens is 258 g/mol. The zero-order chi connectivity index (χ0) is 13.8. The van der Waals surface area contributed by atoms with Gasteiger partial charge in [0.15, 0.2) is 0 Å². The van der Waals surface area contributed by atoms with Crippen molar-refractivity contribution in [2.75, 3.05) is 0 Å². The largest absolute Gasteiger partial charge is 0.324 e. The zero-order valence-corrected chi connectivity index (χ0v) is 12.4. The fourth-order valence-corrected chi connectivity index (χ4v) is 2.58. The van der Waals surface area contributed by atoms with Crippen molar-refractivity contribution < 1.29 is 0 Å². The van der Waals surface area contributed by atoms with Gasteiger partial charge in [0.25, 0.3) is 0 Å². The van der Waals surface area contributed by atoms with Gasteiger partial charge in [-0.05, 0) is 36.5 Å². The van der Waals surface area contributed by atoms with Crippen LogP contribution in [0, 0.1) is 5.41 Å². The second-order valence-electron chi connectivity index (χ2n) is 6.55. The second-order valence-corrected chi connectivity index (χ2v) is 6.98. The van der Waals surface area contributed by atoms with Crippen molar-refractivity contribution in [1.82, 2.24) is 9.55 Å². The first kappa shape index (κ1) is 12.9. The molecule has 1 fully saturated rings. The Morgan fingerprint density at radius 3 is 2.63 bits per heavy atom. The van der Waals surface area contributed by atoms with Crippen molar-refractivity contribution in [3.8, 4) is 0 Å². The lowest BCUT2D eigenvalue weighted by molar-refractivity contribution is 0.308. The number of benzene rings is 1. The summed E-state index contributed by atoms with van der Waals surface area (Å²) < 4.78 is 2.32. The van der Waals surface area contributed by atoms with Crippen LogP contribution in [0.4, 0.5) is 0 Å². The molecule has 1 saturated carbocycles. The monoisotopic (exact) mass is 277 g/mol. The van der Waals surface area contributed by atoms with Crippen molar-refractivity contribution in [3.63, 3.8) is 0 Å². The molecule has 2 aromatic rings.